The maximum Gasteiger partial charge on any atom is 0.360 e. The van der Waals surface area contributed by atoms with E-state index in [2.05, 4.69) is 5.32 Å². The predicted molar refractivity (Wildman–Crippen MR) is 104 cm³/mol. The number of nitrogens with one attached hydrogen (secondary N) is 1. The van der Waals surface area contributed by atoms with Gasteiger partial charge in [0.25, 0.3) is 5.91 Å². The first-order chi connectivity index (χ1) is 13.1. The van der Waals surface area contributed by atoms with Gasteiger partial charge in [0.15, 0.2) is 0 Å². The summed E-state index contributed by atoms with van der Waals surface area (Å²) in [6, 6.07) is 22.9. The van der Waals surface area contributed by atoms with Gasteiger partial charge in [0, 0.05) is 17.0 Å². The lowest BCUT2D eigenvalue weighted by Crippen LogP contribution is -2.17. The van der Waals surface area contributed by atoms with Gasteiger partial charge in [-0.3, -0.25) is 4.79 Å². The molecule has 4 aromatic rings. The number of anilines is 1. The first-order valence-corrected chi connectivity index (χ1v) is 8.34. The summed E-state index contributed by atoms with van der Waals surface area (Å²) in [6.07, 6.45) is 0. The number of amides is 1. The summed E-state index contributed by atoms with van der Waals surface area (Å²) in [5.74, 6) is -0.402. The number of carbonyl (C=O) groups excluding carboxylic acids is 1. The molecule has 0 saturated heterocycles. The molecule has 4 rings (SSSR count). The van der Waals surface area contributed by atoms with E-state index in [0.717, 1.165) is 11.1 Å². The topological polar surface area (TPSA) is 79.5 Å². The molecule has 0 aliphatic carbocycles. The van der Waals surface area contributed by atoms with Crippen molar-refractivity contribution < 1.29 is 14.3 Å². The maximum absolute atomic E-state index is 12.5. The number of hydrogen-bond donors (Lipinski definition) is 2. The molecule has 2 N–H and O–H groups in total. The van der Waals surface area contributed by atoms with Gasteiger partial charge >= 0.3 is 5.63 Å². The van der Waals surface area contributed by atoms with Gasteiger partial charge in [0.05, 0.1) is 0 Å². The largest absolute Gasteiger partial charge is 0.508 e. The van der Waals surface area contributed by atoms with Crippen LogP contribution in [0.5, 0.6) is 5.75 Å². The van der Waals surface area contributed by atoms with E-state index in [1.807, 2.05) is 42.5 Å². The summed E-state index contributed by atoms with van der Waals surface area (Å²) in [7, 11) is 0. The lowest BCUT2D eigenvalue weighted by atomic mass is 10.0. The van der Waals surface area contributed by atoms with E-state index in [1.54, 1.807) is 18.2 Å². The molecule has 3 aromatic carbocycles. The predicted octanol–water partition coefficient (Wildman–Crippen LogP) is 4.42. The number of hydrogen-bond acceptors (Lipinski definition) is 4. The summed E-state index contributed by atoms with van der Waals surface area (Å²) in [4.78, 5) is 24.6. The fourth-order valence-electron chi connectivity index (χ4n) is 2.83. The molecule has 0 saturated carbocycles. The minimum Gasteiger partial charge on any atom is -0.508 e. The van der Waals surface area contributed by atoms with Crippen LogP contribution < -0.4 is 10.9 Å². The normalized spacial score (nSPS) is 10.7. The van der Waals surface area contributed by atoms with Crippen LogP contribution in [0.2, 0.25) is 0 Å². The van der Waals surface area contributed by atoms with Gasteiger partial charge in [0.1, 0.15) is 17.0 Å². The third-order valence-electron chi connectivity index (χ3n) is 4.22. The van der Waals surface area contributed by atoms with Crippen molar-refractivity contribution in [3.63, 3.8) is 0 Å². The molecule has 0 aliphatic heterocycles. The molecule has 0 unspecified atom stereocenters. The average molecular weight is 357 g/mol. The molecule has 1 amide bonds. The number of benzene rings is 3. The molecule has 1 aromatic heterocycles. The third-order valence-corrected chi connectivity index (χ3v) is 4.22. The van der Waals surface area contributed by atoms with Crippen LogP contribution in [0.3, 0.4) is 0 Å². The van der Waals surface area contributed by atoms with Crippen LogP contribution in [0.1, 0.15) is 10.4 Å². The lowest BCUT2D eigenvalue weighted by Gasteiger charge is -2.07. The highest BCUT2D eigenvalue weighted by Crippen LogP contribution is 2.22. The Balaban J connectivity index is 1.59. The van der Waals surface area contributed by atoms with E-state index >= 15 is 0 Å². The minimum atomic E-state index is -0.678. The SMILES string of the molecule is O=C(Nc1cc2ccc(O)cc2oc1=O)c1ccc(-c2ccccc2)cc1. The number of carbonyl (C=O) groups is 1. The van der Waals surface area contributed by atoms with Crippen LogP contribution in [0.25, 0.3) is 22.1 Å². The monoisotopic (exact) mass is 357 g/mol. The standard InChI is InChI=1S/C22H15NO4/c24-18-11-10-17-12-19(22(26)27-20(17)13-18)23-21(25)16-8-6-15(7-9-16)14-4-2-1-3-5-14/h1-13,24H,(H,23,25). The summed E-state index contributed by atoms with van der Waals surface area (Å²) in [5, 5.41) is 12.6. The minimum absolute atomic E-state index is 0.000872. The van der Waals surface area contributed by atoms with Crippen molar-refractivity contribution in [2.45, 2.75) is 0 Å². The van der Waals surface area contributed by atoms with Gasteiger partial charge in [0.2, 0.25) is 0 Å². The number of rotatable bonds is 3. The Morgan fingerprint density at radius 2 is 1.56 bits per heavy atom. The molecular weight excluding hydrogens is 342 g/mol. The van der Waals surface area contributed by atoms with Crippen LogP contribution in [-0.2, 0) is 0 Å². The second-order valence-corrected chi connectivity index (χ2v) is 6.07. The molecular formula is C22H15NO4. The van der Waals surface area contributed by atoms with Crippen molar-refractivity contribution in [3.05, 3.63) is 94.8 Å². The third kappa shape index (κ3) is 3.43. The highest BCUT2D eigenvalue weighted by molar-refractivity contribution is 6.05. The molecule has 0 atom stereocenters. The van der Waals surface area contributed by atoms with Crippen molar-refractivity contribution in [2.24, 2.45) is 0 Å². The van der Waals surface area contributed by atoms with Crippen molar-refractivity contribution in [3.8, 4) is 16.9 Å². The van der Waals surface area contributed by atoms with Crippen LogP contribution in [0.4, 0.5) is 5.69 Å². The molecule has 5 heteroatoms. The van der Waals surface area contributed by atoms with Gasteiger partial charge < -0.3 is 14.8 Å². The Morgan fingerprint density at radius 1 is 0.852 bits per heavy atom. The molecule has 0 fully saturated rings. The molecule has 27 heavy (non-hydrogen) atoms. The highest BCUT2D eigenvalue weighted by Gasteiger charge is 2.11. The average Bonchev–Trinajstić information content (AvgIpc) is 2.69. The lowest BCUT2D eigenvalue weighted by molar-refractivity contribution is 0.102. The fraction of sp³-hybridized carbons (Fsp3) is 0. The van der Waals surface area contributed by atoms with E-state index in [0.29, 0.717) is 10.9 Å². The zero-order chi connectivity index (χ0) is 18.8. The first-order valence-electron chi connectivity index (χ1n) is 8.34. The Hall–Kier alpha value is -3.86. The molecule has 0 radical (unpaired) electrons. The number of fused-ring (bicyclic) bond motifs is 1. The summed E-state index contributed by atoms with van der Waals surface area (Å²) < 4.78 is 5.16. The zero-order valence-electron chi connectivity index (χ0n) is 14.2. The van der Waals surface area contributed by atoms with Crippen LogP contribution >= 0.6 is 0 Å². The fourth-order valence-corrected chi connectivity index (χ4v) is 2.83. The van der Waals surface area contributed by atoms with Crippen molar-refractivity contribution in [1.29, 1.82) is 0 Å². The van der Waals surface area contributed by atoms with E-state index in [4.69, 9.17) is 4.42 Å². The Bertz CT molecular complexity index is 1180. The van der Waals surface area contributed by atoms with Crippen LogP contribution in [0, 0.1) is 0 Å². The van der Waals surface area contributed by atoms with Gasteiger partial charge in [-0.05, 0) is 41.5 Å². The number of phenols is 1. The Morgan fingerprint density at radius 3 is 2.30 bits per heavy atom. The molecule has 5 nitrogen and oxygen atoms in total. The number of phenolic OH excluding ortho intramolecular Hbond substituents is 1. The van der Waals surface area contributed by atoms with Crippen molar-refractivity contribution >= 4 is 22.6 Å². The first kappa shape index (κ1) is 16.6. The summed E-state index contributed by atoms with van der Waals surface area (Å²) in [6.45, 7) is 0. The maximum atomic E-state index is 12.5. The zero-order valence-corrected chi connectivity index (χ0v) is 14.2. The highest BCUT2D eigenvalue weighted by atomic mass is 16.4. The van der Waals surface area contributed by atoms with E-state index in [1.165, 1.54) is 18.2 Å². The number of aromatic hydroxyl groups is 1. The second-order valence-electron chi connectivity index (χ2n) is 6.07. The second kappa shape index (κ2) is 6.80. The van der Waals surface area contributed by atoms with E-state index < -0.39 is 11.5 Å². The molecule has 1 heterocycles. The van der Waals surface area contributed by atoms with Crippen molar-refractivity contribution in [2.75, 3.05) is 5.32 Å². The summed E-state index contributed by atoms with van der Waals surface area (Å²) >= 11 is 0. The molecule has 0 bridgehead atoms. The quantitative estimate of drug-likeness (QED) is 0.532. The van der Waals surface area contributed by atoms with E-state index in [-0.39, 0.29) is 17.0 Å². The van der Waals surface area contributed by atoms with Crippen molar-refractivity contribution in [1.82, 2.24) is 0 Å². The molecule has 0 spiro atoms. The summed E-state index contributed by atoms with van der Waals surface area (Å²) in [5.41, 5.74) is 2.11. The van der Waals surface area contributed by atoms with Crippen LogP contribution in [0.15, 0.2) is 88.1 Å². The smallest absolute Gasteiger partial charge is 0.360 e. The van der Waals surface area contributed by atoms with Gasteiger partial charge in [-0.2, -0.15) is 0 Å². The Labute approximate surface area is 154 Å². The van der Waals surface area contributed by atoms with Gasteiger partial charge in [-0.15, -0.1) is 0 Å². The van der Waals surface area contributed by atoms with E-state index in [9.17, 15) is 14.7 Å². The molecule has 132 valence electrons. The van der Waals surface area contributed by atoms with Gasteiger partial charge in [-0.1, -0.05) is 42.5 Å². The molecule has 0 aliphatic rings. The van der Waals surface area contributed by atoms with Gasteiger partial charge in [-0.25, -0.2) is 4.79 Å². The van der Waals surface area contributed by atoms with Crippen LogP contribution in [-0.4, -0.2) is 11.0 Å². The Kier molecular flexibility index (Phi) is 4.18.